The number of para-hydroxylation sites is 1. The van der Waals surface area contributed by atoms with Crippen LogP contribution in [0, 0.1) is 13.8 Å². The van der Waals surface area contributed by atoms with Crippen molar-refractivity contribution in [1.29, 1.82) is 0 Å². The number of aliphatic carboxylic acids is 1. The molecule has 0 bridgehead atoms. The number of aryl methyl sites for hydroxylation is 2. The molecule has 0 radical (unpaired) electrons. The summed E-state index contributed by atoms with van der Waals surface area (Å²) in [6.07, 6.45) is 0. The number of carbonyl (C=O) groups excluding carboxylic acids is 1. The van der Waals surface area contributed by atoms with Crippen LogP contribution in [0.5, 0.6) is 5.75 Å². The first-order valence-corrected chi connectivity index (χ1v) is 8.76. The number of methoxy groups -OCH3 is 1. The third kappa shape index (κ3) is 3.66. The number of carboxylic acid groups (broad SMARTS) is 1. The zero-order chi connectivity index (χ0) is 19.6. The summed E-state index contributed by atoms with van der Waals surface area (Å²) in [4.78, 5) is 28.3. The molecule has 1 N–H and O–H groups in total. The summed E-state index contributed by atoms with van der Waals surface area (Å²) in [6, 6.07) is 6.26. The smallest absolute Gasteiger partial charge is 0.325 e. The lowest BCUT2D eigenvalue weighted by molar-refractivity contribution is -0.144. The first-order chi connectivity index (χ1) is 12.9. The van der Waals surface area contributed by atoms with Gasteiger partial charge in [0.05, 0.1) is 18.4 Å². The summed E-state index contributed by atoms with van der Waals surface area (Å²) in [7, 11) is 1.53. The van der Waals surface area contributed by atoms with Gasteiger partial charge in [0, 0.05) is 31.7 Å². The summed E-state index contributed by atoms with van der Waals surface area (Å²) in [6.45, 7) is 5.22. The zero-order valence-electron chi connectivity index (χ0n) is 15.6. The maximum Gasteiger partial charge on any atom is 0.325 e. The van der Waals surface area contributed by atoms with Crippen molar-refractivity contribution in [3.05, 3.63) is 46.8 Å². The number of rotatable bonds is 5. The SMILES string of the molecule is COc1ccccc1C(=O)N1CCN(C(C(=O)O)c2c(C)noc2C)CC1. The number of amides is 1. The molecule has 1 unspecified atom stereocenters. The van der Waals surface area contributed by atoms with Crippen molar-refractivity contribution in [2.24, 2.45) is 0 Å². The van der Waals surface area contributed by atoms with E-state index in [4.69, 9.17) is 9.26 Å². The number of benzene rings is 1. The Labute approximate surface area is 157 Å². The van der Waals surface area contributed by atoms with E-state index in [9.17, 15) is 14.7 Å². The Bertz CT molecular complexity index is 820. The minimum atomic E-state index is -0.950. The van der Waals surface area contributed by atoms with E-state index < -0.39 is 12.0 Å². The van der Waals surface area contributed by atoms with Gasteiger partial charge in [-0.25, -0.2) is 0 Å². The number of hydrogen-bond donors (Lipinski definition) is 1. The molecule has 1 atom stereocenters. The van der Waals surface area contributed by atoms with E-state index in [0.717, 1.165) is 0 Å². The molecule has 8 heteroatoms. The number of carbonyl (C=O) groups is 2. The van der Waals surface area contributed by atoms with Crippen molar-refractivity contribution in [3.8, 4) is 5.75 Å². The number of nitrogens with zero attached hydrogens (tertiary/aromatic N) is 3. The third-order valence-corrected chi connectivity index (χ3v) is 4.90. The Morgan fingerprint density at radius 3 is 2.41 bits per heavy atom. The Morgan fingerprint density at radius 2 is 1.85 bits per heavy atom. The quantitative estimate of drug-likeness (QED) is 0.855. The van der Waals surface area contributed by atoms with Crippen molar-refractivity contribution < 1.29 is 24.0 Å². The topological polar surface area (TPSA) is 96.1 Å². The van der Waals surface area contributed by atoms with Crippen LogP contribution in [-0.4, -0.2) is 65.2 Å². The van der Waals surface area contributed by atoms with Gasteiger partial charge in [-0.15, -0.1) is 0 Å². The lowest BCUT2D eigenvalue weighted by atomic mass is 10.0. The highest BCUT2D eigenvalue weighted by Gasteiger charge is 2.35. The third-order valence-electron chi connectivity index (χ3n) is 4.90. The molecule has 144 valence electrons. The van der Waals surface area contributed by atoms with Gasteiger partial charge >= 0.3 is 5.97 Å². The lowest BCUT2D eigenvalue weighted by Crippen LogP contribution is -2.51. The van der Waals surface area contributed by atoms with Crippen molar-refractivity contribution in [3.63, 3.8) is 0 Å². The fraction of sp³-hybridized carbons (Fsp3) is 0.421. The van der Waals surface area contributed by atoms with Gasteiger partial charge in [-0.2, -0.15) is 0 Å². The normalized spacial score (nSPS) is 16.2. The predicted molar refractivity (Wildman–Crippen MR) is 96.8 cm³/mol. The van der Waals surface area contributed by atoms with Crippen molar-refractivity contribution >= 4 is 11.9 Å². The molecule has 0 saturated carbocycles. The van der Waals surface area contributed by atoms with Crippen LogP contribution in [-0.2, 0) is 4.79 Å². The highest BCUT2D eigenvalue weighted by atomic mass is 16.5. The summed E-state index contributed by atoms with van der Waals surface area (Å²) in [5.41, 5.74) is 1.67. The second kappa shape index (κ2) is 7.79. The molecule has 2 heterocycles. The molecule has 1 aromatic heterocycles. The van der Waals surface area contributed by atoms with E-state index in [1.54, 1.807) is 36.9 Å². The molecule has 1 saturated heterocycles. The van der Waals surface area contributed by atoms with Crippen molar-refractivity contribution in [2.75, 3.05) is 33.3 Å². The fourth-order valence-corrected chi connectivity index (χ4v) is 3.52. The van der Waals surface area contributed by atoms with Crippen LogP contribution in [0.2, 0.25) is 0 Å². The van der Waals surface area contributed by atoms with Gasteiger partial charge < -0.3 is 19.3 Å². The summed E-state index contributed by atoms with van der Waals surface area (Å²) in [5, 5.41) is 13.6. The summed E-state index contributed by atoms with van der Waals surface area (Å²) < 4.78 is 10.4. The minimum absolute atomic E-state index is 0.115. The van der Waals surface area contributed by atoms with E-state index >= 15 is 0 Å². The van der Waals surface area contributed by atoms with Crippen LogP contribution in [0.25, 0.3) is 0 Å². The maximum atomic E-state index is 12.8. The average Bonchev–Trinajstić information content (AvgIpc) is 3.00. The monoisotopic (exact) mass is 373 g/mol. The molecule has 3 rings (SSSR count). The summed E-state index contributed by atoms with van der Waals surface area (Å²) in [5.74, 6) is -0.0262. The van der Waals surface area contributed by atoms with Gasteiger partial charge in [0.1, 0.15) is 17.6 Å². The zero-order valence-corrected chi connectivity index (χ0v) is 15.6. The molecule has 0 spiro atoms. The van der Waals surface area contributed by atoms with Crippen LogP contribution in [0.4, 0.5) is 0 Å². The fourth-order valence-electron chi connectivity index (χ4n) is 3.52. The standard InChI is InChI=1S/C19H23N3O5/c1-12-16(13(2)27-20-12)17(19(24)25)21-8-10-22(11-9-21)18(23)14-6-4-5-7-15(14)26-3/h4-7,17H,8-11H2,1-3H3,(H,24,25). The van der Waals surface area contributed by atoms with Crippen LogP contribution in [0.15, 0.2) is 28.8 Å². The predicted octanol–water partition coefficient (Wildman–Crippen LogP) is 1.88. The van der Waals surface area contributed by atoms with Gasteiger partial charge in [-0.1, -0.05) is 17.3 Å². The van der Waals surface area contributed by atoms with E-state index in [0.29, 0.717) is 54.5 Å². The average molecular weight is 373 g/mol. The second-order valence-electron chi connectivity index (χ2n) is 6.51. The lowest BCUT2D eigenvalue weighted by Gasteiger charge is -2.37. The highest BCUT2D eigenvalue weighted by molar-refractivity contribution is 5.97. The van der Waals surface area contributed by atoms with E-state index in [1.165, 1.54) is 7.11 Å². The van der Waals surface area contributed by atoms with E-state index in [-0.39, 0.29) is 5.91 Å². The van der Waals surface area contributed by atoms with Crippen molar-refractivity contribution in [2.45, 2.75) is 19.9 Å². The number of carboxylic acids is 1. The first-order valence-electron chi connectivity index (χ1n) is 8.76. The van der Waals surface area contributed by atoms with Gasteiger partial charge in [-0.3, -0.25) is 14.5 Å². The molecule has 0 aliphatic carbocycles. The molecule has 27 heavy (non-hydrogen) atoms. The number of aromatic nitrogens is 1. The molecule has 1 fully saturated rings. The Kier molecular flexibility index (Phi) is 5.46. The van der Waals surface area contributed by atoms with E-state index in [2.05, 4.69) is 5.16 Å². The highest BCUT2D eigenvalue weighted by Crippen LogP contribution is 2.29. The maximum absolute atomic E-state index is 12.8. The van der Waals surface area contributed by atoms with E-state index in [1.807, 2.05) is 11.0 Å². The Morgan fingerprint density at radius 1 is 1.19 bits per heavy atom. The van der Waals surface area contributed by atoms with Crippen LogP contribution in [0.3, 0.4) is 0 Å². The van der Waals surface area contributed by atoms with Gasteiger partial charge in [0.2, 0.25) is 0 Å². The van der Waals surface area contributed by atoms with Gasteiger partial charge in [0.15, 0.2) is 0 Å². The molecule has 1 amide bonds. The molecule has 8 nitrogen and oxygen atoms in total. The Balaban J connectivity index is 1.74. The number of hydrogen-bond acceptors (Lipinski definition) is 6. The molecule has 2 aromatic rings. The second-order valence-corrected chi connectivity index (χ2v) is 6.51. The van der Waals surface area contributed by atoms with Crippen LogP contribution < -0.4 is 4.74 Å². The molecular weight excluding hydrogens is 350 g/mol. The van der Waals surface area contributed by atoms with Crippen molar-refractivity contribution in [1.82, 2.24) is 15.0 Å². The first kappa shape index (κ1) is 18.9. The molecular formula is C19H23N3O5. The van der Waals surface area contributed by atoms with Crippen LogP contribution in [0.1, 0.15) is 33.4 Å². The van der Waals surface area contributed by atoms with Crippen LogP contribution >= 0.6 is 0 Å². The molecule has 1 aliphatic heterocycles. The summed E-state index contributed by atoms with van der Waals surface area (Å²) >= 11 is 0. The molecule has 1 aromatic carbocycles. The molecule has 1 aliphatic rings. The largest absolute Gasteiger partial charge is 0.496 e. The minimum Gasteiger partial charge on any atom is -0.496 e. The number of ether oxygens (including phenoxy) is 1. The van der Waals surface area contributed by atoms with Gasteiger partial charge in [-0.05, 0) is 26.0 Å². The number of piperazine rings is 1. The van der Waals surface area contributed by atoms with Gasteiger partial charge in [0.25, 0.3) is 5.91 Å². The Hall–Kier alpha value is -2.87.